The standard InChI is InChI=1S/C21H24ClN5O3/c1-5-18(27-17(12(2)3)11-30-21(27)29)26-20(23-4)24-10-14-8-13-9-15(22)6-7-16(13)25-19(14)28/h5-9,12,17H,4,10-11H2,1-3H3,(H,24,26)(H,25,28)/b18-5+/t17-/m1/s1. The van der Waals surface area contributed by atoms with Crippen LogP contribution >= 0.6 is 11.6 Å². The summed E-state index contributed by atoms with van der Waals surface area (Å²) in [6, 6.07) is 6.90. The van der Waals surface area contributed by atoms with Gasteiger partial charge in [0.25, 0.3) is 5.56 Å². The van der Waals surface area contributed by atoms with E-state index in [2.05, 4.69) is 27.0 Å². The predicted molar refractivity (Wildman–Crippen MR) is 119 cm³/mol. The maximum atomic E-state index is 12.4. The van der Waals surface area contributed by atoms with Crippen LogP contribution in [0.5, 0.6) is 0 Å². The van der Waals surface area contributed by atoms with Gasteiger partial charge in [0.15, 0.2) is 0 Å². The lowest BCUT2D eigenvalue weighted by molar-refractivity contribution is 0.164. The molecule has 8 nitrogen and oxygen atoms in total. The number of nitrogens with zero attached hydrogens (tertiary/aromatic N) is 3. The van der Waals surface area contributed by atoms with Crippen LogP contribution in [0.15, 0.2) is 50.9 Å². The molecule has 0 bridgehead atoms. The Morgan fingerprint density at radius 1 is 1.43 bits per heavy atom. The van der Waals surface area contributed by atoms with E-state index in [4.69, 9.17) is 16.3 Å². The molecule has 3 rings (SSSR count). The number of allylic oxidation sites excluding steroid dienone is 1. The van der Waals surface area contributed by atoms with Crippen LogP contribution in [-0.4, -0.2) is 41.3 Å². The van der Waals surface area contributed by atoms with Crippen LogP contribution < -0.4 is 10.9 Å². The van der Waals surface area contributed by atoms with Crippen LogP contribution in [0.1, 0.15) is 26.3 Å². The molecular formula is C21H24ClN5O3. The van der Waals surface area contributed by atoms with E-state index in [-0.39, 0.29) is 30.0 Å². The van der Waals surface area contributed by atoms with Crippen LogP contribution in [0.25, 0.3) is 10.9 Å². The van der Waals surface area contributed by atoms with Crippen molar-refractivity contribution in [1.82, 2.24) is 15.2 Å². The summed E-state index contributed by atoms with van der Waals surface area (Å²) in [6.07, 6.45) is 1.26. The Balaban J connectivity index is 1.82. The predicted octanol–water partition coefficient (Wildman–Crippen LogP) is 3.67. The monoisotopic (exact) mass is 429 g/mol. The number of benzene rings is 1. The van der Waals surface area contributed by atoms with Crippen molar-refractivity contribution in [1.29, 1.82) is 0 Å². The Morgan fingerprint density at radius 2 is 2.20 bits per heavy atom. The number of halogens is 1. The number of H-pyrrole nitrogens is 1. The van der Waals surface area contributed by atoms with Crippen molar-refractivity contribution in [3.05, 3.63) is 57.1 Å². The highest BCUT2D eigenvalue weighted by atomic mass is 35.5. The van der Waals surface area contributed by atoms with Crippen LogP contribution in [0, 0.1) is 5.92 Å². The molecule has 1 fully saturated rings. The molecule has 0 saturated carbocycles. The van der Waals surface area contributed by atoms with Crippen molar-refractivity contribution in [3.63, 3.8) is 0 Å². The number of pyridine rings is 1. The number of aromatic amines is 1. The zero-order chi connectivity index (χ0) is 21.8. The zero-order valence-corrected chi connectivity index (χ0v) is 17.9. The molecule has 1 aromatic carbocycles. The molecule has 0 aliphatic carbocycles. The number of carbonyl (C=O) groups excluding carboxylic acids is 1. The van der Waals surface area contributed by atoms with Crippen molar-refractivity contribution < 1.29 is 9.53 Å². The quantitative estimate of drug-likeness (QED) is 0.559. The first-order chi connectivity index (χ1) is 14.3. The average Bonchev–Trinajstić information content (AvgIpc) is 3.10. The number of guanidine groups is 1. The Morgan fingerprint density at radius 3 is 2.87 bits per heavy atom. The molecule has 0 radical (unpaired) electrons. The smallest absolute Gasteiger partial charge is 0.415 e. The van der Waals surface area contributed by atoms with E-state index in [1.54, 1.807) is 37.3 Å². The number of fused-ring (bicyclic) bond motifs is 1. The van der Waals surface area contributed by atoms with Crippen LogP contribution in [0.4, 0.5) is 4.79 Å². The number of ether oxygens (including phenoxy) is 1. The Bertz CT molecular complexity index is 1090. The Hall–Kier alpha value is -3.13. The second-order valence-electron chi connectivity index (χ2n) is 7.21. The highest BCUT2D eigenvalue weighted by Gasteiger charge is 2.37. The summed E-state index contributed by atoms with van der Waals surface area (Å²) in [6.45, 7) is 9.82. The van der Waals surface area contributed by atoms with Crippen molar-refractivity contribution in [2.24, 2.45) is 15.9 Å². The molecule has 1 aromatic heterocycles. The number of amides is 1. The van der Waals surface area contributed by atoms with Gasteiger partial charge in [0.2, 0.25) is 5.96 Å². The summed E-state index contributed by atoms with van der Waals surface area (Å²) in [7, 11) is 0. The maximum Gasteiger partial charge on any atom is 0.415 e. The topological polar surface area (TPSA) is 99.2 Å². The molecule has 30 heavy (non-hydrogen) atoms. The number of aliphatic imine (C=N–C) groups is 2. The normalized spacial score (nSPS) is 17.6. The Labute approximate surface area is 179 Å². The molecular weight excluding hydrogens is 406 g/mol. The molecule has 158 valence electrons. The Kier molecular flexibility index (Phi) is 6.56. The molecule has 1 aliphatic heterocycles. The van der Waals surface area contributed by atoms with Crippen molar-refractivity contribution in [2.75, 3.05) is 6.61 Å². The fourth-order valence-corrected chi connectivity index (χ4v) is 3.40. The molecule has 1 aliphatic rings. The number of hydrogen-bond donors (Lipinski definition) is 2. The third-order valence-electron chi connectivity index (χ3n) is 4.87. The lowest BCUT2D eigenvalue weighted by Gasteiger charge is -2.24. The summed E-state index contributed by atoms with van der Waals surface area (Å²) >= 11 is 6.04. The van der Waals surface area contributed by atoms with Crippen molar-refractivity contribution >= 4 is 41.3 Å². The number of rotatable bonds is 5. The molecule has 1 atom stereocenters. The van der Waals surface area contributed by atoms with E-state index in [0.717, 1.165) is 5.39 Å². The van der Waals surface area contributed by atoms with Gasteiger partial charge >= 0.3 is 6.09 Å². The summed E-state index contributed by atoms with van der Waals surface area (Å²) in [5.74, 6) is 0.791. The van der Waals surface area contributed by atoms with E-state index < -0.39 is 6.09 Å². The number of hydrogen-bond acceptors (Lipinski definition) is 4. The van der Waals surface area contributed by atoms with Gasteiger partial charge in [-0.25, -0.2) is 9.79 Å². The summed E-state index contributed by atoms with van der Waals surface area (Å²) in [5, 5.41) is 4.40. The molecule has 9 heteroatoms. The van der Waals surface area contributed by atoms with Gasteiger partial charge in [-0.3, -0.25) is 9.69 Å². The van der Waals surface area contributed by atoms with Crippen LogP contribution in [-0.2, 0) is 11.3 Å². The first-order valence-corrected chi connectivity index (χ1v) is 9.95. The first kappa shape index (κ1) is 21.6. The van der Waals surface area contributed by atoms with Gasteiger partial charge in [0, 0.05) is 28.0 Å². The maximum absolute atomic E-state index is 12.4. The van der Waals surface area contributed by atoms with E-state index in [9.17, 15) is 9.59 Å². The van der Waals surface area contributed by atoms with Gasteiger partial charge in [-0.15, -0.1) is 0 Å². The van der Waals surface area contributed by atoms with Crippen molar-refractivity contribution in [3.8, 4) is 0 Å². The SMILES string of the molecule is C=N/C(=N\C(=C/C)N1C(=O)OC[C@@H]1C(C)C)NCc1cc2cc(Cl)ccc2[nH]c1=O. The average molecular weight is 430 g/mol. The minimum atomic E-state index is -0.447. The molecule has 1 saturated heterocycles. The minimum Gasteiger partial charge on any atom is -0.447 e. The molecule has 2 N–H and O–H groups in total. The summed E-state index contributed by atoms with van der Waals surface area (Å²) in [5.41, 5.74) is 0.964. The van der Waals surface area contributed by atoms with E-state index in [1.165, 1.54) is 4.90 Å². The van der Waals surface area contributed by atoms with Crippen LogP contribution in [0.2, 0.25) is 5.02 Å². The highest BCUT2D eigenvalue weighted by molar-refractivity contribution is 6.31. The van der Waals surface area contributed by atoms with E-state index >= 15 is 0 Å². The van der Waals surface area contributed by atoms with Gasteiger partial charge in [-0.05, 0) is 49.9 Å². The second kappa shape index (κ2) is 9.13. The fraction of sp³-hybridized carbons (Fsp3) is 0.333. The third-order valence-corrected chi connectivity index (χ3v) is 5.11. The summed E-state index contributed by atoms with van der Waals surface area (Å²) < 4.78 is 5.19. The number of aromatic nitrogens is 1. The van der Waals surface area contributed by atoms with Gasteiger partial charge in [0.05, 0.1) is 6.04 Å². The number of cyclic esters (lactones) is 1. The number of carbonyl (C=O) groups is 1. The van der Waals surface area contributed by atoms with Gasteiger partial charge in [-0.2, -0.15) is 4.99 Å². The largest absolute Gasteiger partial charge is 0.447 e. The lowest BCUT2D eigenvalue weighted by Crippen LogP contribution is -2.36. The zero-order valence-electron chi connectivity index (χ0n) is 17.1. The molecule has 0 unspecified atom stereocenters. The van der Waals surface area contributed by atoms with Crippen LogP contribution in [0.3, 0.4) is 0 Å². The minimum absolute atomic E-state index is 0.119. The third kappa shape index (κ3) is 4.54. The highest BCUT2D eigenvalue weighted by Crippen LogP contribution is 2.25. The molecule has 0 spiro atoms. The molecule has 2 heterocycles. The van der Waals surface area contributed by atoms with Gasteiger partial charge in [0.1, 0.15) is 12.4 Å². The van der Waals surface area contributed by atoms with Gasteiger partial charge in [-0.1, -0.05) is 25.4 Å². The summed E-state index contributed by atoms with van der Waals surface area (Å²) in [4.78, 5) is 37.2. The first-order valence-electron chi connectivity index (χ1n) is 9.57. The number of nitrogens with one attached hydrogen (secondary N) is 2. The van der Waals surface area contributed by atoms with Crippen molar-refractivity contribution in [2.45, 2.75) is 33.4 Å². The van der Waals surface area contributed by atoms with E-state index in [1.807, 2.05) is 13.8 Å². The fourth-order valence-electron chi connectivity index (χ4n) is 3.22. The van der Waals surface area contributed by atoms with E-state index in [0.29, 0.717) is 28.5 Å². The lowest BCUT2D eigenvalue weighted by atomic mass is 10.0. The molecule has 1 amide bonds. The second-order valence-corrected chi connectivity index (χ2v) is 7.64. The van der Waals surface area contributed by atoms with Gasteiger partial charge < -0.3 is 15.0 Å². The molecule has 2 aromatic rings.